The molecule has 0 saturated carbocycles. The maximum atomic E-state index is 6.94. The molecule has 9 aromatic carbocycles. The molecule has 1 aliphatic heterocycles. The number of para-hydroxylation sites is 2. The van der Waals surface area contributed by atoms with Crippen molar-refractivity contribution in [2.75, 3.05) is 4.90 Å². The smallest absolute Gasteiger partial charge is 0.178 e. The summed E-state index contributed by atoms with van der Waals surface area (Å²) < 4.78 is 13.7. The quantitative estimate of drug-likeness (QED) is 0.168. The van der Waals surface area contributed by atoms with Crippen molar-refractivity contribution < 1.29 is 9.15 Å². The van der Waals surface area contributed by atoms with Crippen LogP contribution in [0.3, 0.4) is 0 Å². The van der Waals surface area contributed by atoms with Gasteiger partial charge in [-0.25, -0.2) is 0 Å². The molecule has 1 unspecified atom stereocenters. The van der Waals surface area contributed by atoms with Gasteiger partial charge >= 0.3 is 0 Å². The number of rotatable bonds is 6. The number of fused-ring (bicyclic) bond motifs is 11. The molecule has 0 amide bonds. The zero-order chi connectivity index (χ0) is 39.6. The van der Waals surface area contributed by atoms with E-state index in [-0.39, 0.29) is 0 Å². The van der Waals surface area contributed by atoms with Crippen LogP contribution in [0.1, 0.15) is 22.5 Å². The second-order valence-corrected chi connectivity index (χ2v) is 15.6. The van der Waals surface area contributed by atoms with E-state index in [0.717, 1.165) is 62.0 Å². The topological polar surface area (TPSA) is 25.6 Å². The Hall–Kier alpha value is -7.88. The van der Waals surface area contributed by atoms with Gasteiger partial charge in [0.25, 0.3) is 0 Å². The fourth-order valence-electron chi connectivity index (χ4n) is 9.63. The Kier molecular flexibility index (Phi) is 7.76. The minimum Gasteiger partial charge on any atom is -0.455 e. The molecule has 12 rings (SSSR count). The summed E-state index contributed by atoms with van der Waals surface area (Å²) in [6.45, 7) is 0. The lowest BCUT2D eigenvalue weighted by molar-refractivity contribution is 0.389. The number of ether oxygens (including phenoxy) is 1. The van der Waals surface area contributed by atoms with E-state index in [0.29, 0.717) is 0 Å². The minimum absolute atomic E-state index is 0.719. The van der Waals surface area contributed by atoms with Gasteiger partial charge < -0.3 is 14.1 Å². The molecule has 1 aromatic heterocycles. The highest BCUT2D eigenvalue weighted by molar-refractivity contribution is 5.95. The average Bonchev–Trinajstić information content (AvgIpc) is 3.84. The van der Waals surface area contributed by atoms with Crippen LogP contribution in [0.2, 0.25) is 0 Å². The summed E-state index contributed by atoms with van der Waals surface area (Å²) in [5.74, 6) is 2.44. The molecular weight excluding hydrogens is 731 g/mol. The van der Waals surface area contributed by atoms with E-state index in [1.807, 2.05) is 12.1 Å². The van der Waals surface area contributed by atoms with Crippen molar-refractivity contribution in [3.05, 3.63) is 247 Å². The molecule has 1 spiro atoms. The zero-order valence-electron chi connectivity index (χ0n) is 32.6. The van der Waals surface area contributed by atoms with Crippen molar-refractivity contribution in [3.63, 3.8) is 0 Å². The number of anilines is 3. The van der Waals surface area contributed by atoms with Gasteiger partial charge in [-0.15, -0.1) is 0 Å². The van der Waals surface area contributed by atoms with Crippen LogP contribution in [-0.4, -0.2) is 0 Å². The summed E-state index contributed by atoms with van der Waals surface area (Å²) in [5.41, 5.74) is 16.1. The summed E-state index contributed by atoms with van der Waals surface area (Å²) in [4.78, 5) is 2.41. The van der Waals surface area contributed by atoms with E-state index in [9.17, 15) is 0 Å². The maximum absolute atomic E-state index is 6.94. The molecule has 0 fully saturated rings. The zero-order valence-corrected chi connectivity index (χ0v) is 32.6. The molecule has 1 atom stereocenters. The first-order chi connectivity index (χ1) is 29.7. The normalized spacial score (nSPS) is 14.5. The molecule has 2 aliphatic rings. The molecule has 2 heterocycles. The predicted molar refractivity (Wildman–Crippen MR) is 245 cm³/mol. The van der Waals surface area contributed by atoms with Gasteiger partial charge in [0.15, 0.2) is 11.5 Å². The second-order valence-electron chi connectivity index (χ2n) is 15.6. The van der Waals surface area contributed by atoms with Gasteiger partial charge in [-0.3, -0.25) is 0 Å². The van der Waals surface area contributed by atoms with Gasteiger partial charge in [-0.05, 0) is 116 Å². The average molecular weight is 768 g/mol. The van der Waals surface area contributed by atoms with Gasteiger partial charge in [0.1, 0.15) is 16.7 Å². The monoisotopic (exact) mass is 767 g/mol. The Bertz CT molecular complexity index is 3170. The number of furan rings is 1. The number of hydrogen-bond donors (Lipinski definition) is 0. The molecule has 60 heavy (non-hydrogen) atoms. The molecule has 0 bridgehead atoms. The number of nitrogens with zero attached hydrogens (tertiary/aromatic N) is 1. The number of benzene rings is 9. The highest BCUT2D eigenvalue weighted by atomic mass is 16.5. The molecule has 3 nitrogen and oxygen atoms in total. The Morgan fingerprint density at radius 2 is 0.883 bits per heavy atom. The van der Waals surface area contributed by atoms with Crippen molar-refractivity contribution in [3.8, 4) is 56.0 Å². The van der Waals surface area contributed by atoms with Crippen molar-refractivity contribution >= 4 is 28.0 Å². The third kappa shape index (κ3) is 5.23. The van der Waals surface area contributed by atoms with Gasteiger partial charge in [0, 0.05) is 22.6 Å². The van der Waals surface area contributed by atoms with E-state index in [2.05, 4.69) is 217 Å². The highest BCUT2D eigenvalue weighted by Crippen LogP contribution is 2.64. The Labute approximate surface area is 349 Å². The molecule has 0 N–H and O–H groups in total. The fourth-order valence-corrected chi connectivity index (χ4v) is 9.63. The lowest BCUT2D eigenvalue weighted by Crippen LogP contribution is -2.31. The molecule has 3 heteroatoms. The van der Waals surface area contributed by atoms with E-state index >= 15 is 0 Å². The summed E-state index contributed by atoms with van der Waals surface area (Å²) in [5, 5.41) is 0.974. The standard InChI is InChI=1S/C57H37NO2/c1-4-16-38(17-5-1)41-28-30-44(31-29-41)58(46-35-42(39-18-6-2-7-19-39)34-43(36-46)40-20-8-3-9-21-40)45-32-33-51-49(37-45)47-22-10-12-24-50(47)57(51)52-25-13-15-27-54(52)59-55-48-23-11-14-26-53(48)60-56(55)57/h1-37H. The third-order valence-corrected chi connectivity index (χ3v) is 12.3. The summed E-state index contributed by atoms with van der Waals surface area (Å²) in [6.07, 6.45) is 0. The third-order valence-electron chi connectivity index (χ3n) is 12.3. The Morgan fingerprint density at radius 1 is 0.350 bits per heavy atom. The van der Waals surface area contributed by atoms with Gasteiger partial charge in [-0.2, -0.15) is 0 Å². The van der Waals surface area contributed by atoms with Gasteiger partial charge in [-0.1, -0.05) is 164 Å². The van der Waals surface area contributed by atoms with Crippen LogP contribution in [-0.2, 0) is 5.41 Å². The first-order valence-corrected chi connectivity index (χ1v) is 20.5. The van der Waals surface area contributed by atoms with E-state index in [1.54, 1.807) is 0 Å². The lowest BCUT2D eigenvalue weighted by Gasteiger charge is -2.36. The maximum Gasteiger partial charge on any atom is 0.178 e. The molecule has 1 aliphatic carbocycles. The van der Waals surface area contributed by atoms with Crippen molar-refractivity contribution in [1.29, 1.82) is 0 Å². The van der Waals surface area contributed by atoms with Crippen LogP contribution in [0.4, 0.5) is 17.1 Å². The highest BCUT2D eigenvalue weighted by Gasteiger charge is 2.54. The first kappa shape index (κ1) is 34.2. The molecule has 0 radical (unpaired) electrons. The van der Waals surface area contributed by atoms with E-state index in [1.165, 1.54) is 44.5 Å². The van der Waals surface area contributed by atoms with E-state index in [4.69, 9.17) is 9.15 Å². The van der Waals surface area contributed by atoms with Crippen LogP contribution in [0.5, 0.6) is 11.5 Å². The molecule has 282 valence electrons. The Morgan fingerprint density at radius 3 is 1.58 bits per heavy atom. The largest absolute Gasteiger partial charge is 0.455 e. The van der Waals surface area contributed by atoms with Crippen LogP contribution >= 0.6 is 0 Å². The fraction of sp³-hybridized carbons (Fsp3) is 0.0175. The van der Waals surface area contributed by atoms with Crippen molar-refractivity contribution in [2.24, 2.45) is 0 Å². The van der Waals surface area contributed by atoms with Crippen molar-refractivity contribution in [2.45, 2.75) is 5.41 Å². The van der Waals surface area contributed by atoms with Gasteiger partial charge in [0.2, 0.25) is 0 Å². The second kappa shape index (κ2) is 13.6. The van der Waals surface area contributed by atoms with Crippen LogP contribution in [0.15, 0.2) is 229 Å². The molecular formula is C57H37NO2. The summed E-state index contributed by atoms with van der Waals surface area (Å²) >= 11 is 0. The van der Waals surface area contributed by atoms with E-state index < -0.39 is 5.41 Å². The van der Waals surface area contributed by atoms with Crippen LogP contribution < -0.4 is 9.64 Å². The number of hydrogen-bond acceptors (Lipinski definition) is 3. The summed E-state index contributed by atoms with van der Waals surface area (Å²) in [7, 11) is 0. The van der Waals surface area contributed by atoms with Crippen molar-refractivity contribution in [1.82, 2.24) is 0 Å². The minimum atomic E-state index is -0.719. The molecule has 0 saturated heterocycles. The SMILES string of the molecule is c1ccc(-c2ccc(N(c3cc(-c4ccccc4)cc(-c4ccccc4)c3)c3ccc4c(c3)-c3ccccc3C43c4ccccc4Oc4c3oc3ccccc43)cc2)cc1. The van der Waals surface area contributed by atoms with Crippen LogP contribution in [0.25, 0.3) is 55.5 Å². The van der Waals surface area contributed by atoms with Crippen LogP contribution in [0, 0.1) is 0 Å². The predicted octanol–water partition coefficient (Wildman–Crippen LogP) is 15.4. The Balaban J connectivity index is 1.11. The first-order valence-electron chi connectivity index (χ1n) is 20.5. The lowest BCUT2D eigenvalue weighted by atomic mass is 9.69. The molecule has 10 aromatic rings. The van der Waals surface area contributed by atoms with Gasteiger partial charge in [0.05, 0.1) is 5.39 Å². The summed E-state index contributed by atoms with van der Waals surface area (Å²) in [6, 6.07) is 80.3.